The number of hydrogen-bond acceptors (Lipinski definition) is 6. The van der Waals surface area contributed by atoms with Crippen LogP contribution in [0.5, 0.6) is 0 Å². The maximum atomic E-state index is 11.9. The van der Waals surface area contributed by atoms with Gasteiger partial charge in [0, 0.05) is 0 Å². The highest BCUT2D eigenvalue weighted by molar-refractivity contribution is 7.14. The second-order valence-electron chi connectivity index (χ2n) is 4.75. The van der Waals surface area contributed by atoms with Crippen molar-refractivity contribution in [3.8, 4) is 10.6 Å². The zero-order chi connectivity index (χ0) is 13.3. The number of carbonyl (C=O) groups is 1. The summed E-state index contributed by atoms with van der Waals surface area (Å²) in [7, 11) is 0. The largest absolute Gasteiger partial charge is 0.456 e. The summed E-state index contributed by atoms with van der Waals surface area (Å²) >= 11 is 2.62. The summed E-state index contributed by atoms with van der Waals surface area (Å²) in [6.07, 6.45) is 0. The number of carbonyl (C=O) groups excluding carboxylic acids is 1. The summed E-state index contributed by atoms with van der Waals surface area (Å²) in [5, 5.41) is 1.95. The molecule has 2 rings (SSSR count). The minimum Gasteiger partial charge on any atom is -0.456 e. The van der Waals surface area contributed by atoms with Crippen molar-refractivity contribution in [2.75, 3.05) is 5.73 Å². The molecular formula is C12H14N2O2S2. The number of thiophene rings is 1. The minimum atomic E-state index is -0.531. The first-order valence-electron chi connectivity index (χ1n) is 5.41. The van der Waals surface area contributed by atoms with E-state index in [2.05, 4.69) is 4.37 Å². The van der Waals surface area contributed by atoms with Gasteiger partial charge in [0.05, 0.1) is 10.6 Å². The average molecular weight is 282 g/mol. The van der Waals surface area contributed by atoms with Crippen molar-refractivity contribution in [3.05, 3.63) is 22.4 Å². The standard InChI is InChI=1S/C12H14N2O2S2/c1-12(2,3)16-11(15)10-8(13)9(14-18-10)7-5-4-6-17-7/h4-6H,13H2,1-3H3. The SMILES string of the molecule is CC(C)(C)OC(=O)c1snc(-c2cccs2)c1N. The van der Waals surface area contributed by atoms with Crippen molar-refractivity contribution in [2.45, 2.75) is 26.4 Å². The maximum absolute atomic E-state index is 11.9. The number of hydrogen-bond donors (Lipinski definition) is 1. The lowest BCUT2D eigenvalue weighted by Gasteiger charge is -2.18. The molecule has 0 fully saturated rings. The molecule has 18 heavy (non-hydrogen) atoms. The van der Waals surface area contributed by atoms with E-state index in [0.29, 0.717) is 16.3 Å². The fourth-order valence-corrected chi connectivity index (χ4v) is 2.84. The monoisotopic (exact) mass is 282 g/mol. The van der Waals surface area contributed by atoms with Crippen LogP contribution < -0.4 is 5.73 Å². The predicted molar refractivity (Wildman–Crippen MR) is 75.0 cm³/mol. The van der Waals surface area contributed by atoms with Crippen molar-refractivity contribution in [1.82, 2.24) is 4.37 Å². The van der Waals surface area contributed by atoms with Crippen LogP contribution >= 0.6 is 22.9 Å². The predicted octanol–water partition coefficient (Wildman–Crippen LogP) is 3.41. The second-order valence-corrected chi connectivity index (χ2v) is 6.47. The third-order valence-electron chi connectivity index (χ3n) is 2.07. The van der Waals surface area contributed by atoms with E-state index >= 15 is 0 Å². The van der Waals surface area contributed by atoms with Crippen molar-refractivity contribution in [1.29, 1.82) is 0 Å². The lowest BCUT2D eigenvalue weighted by molar-refractivity contribution is 0.00764. The summed E-state index contributed by atoms with van der Waals surface area (Å²) in [5.41, 5.74) is 6.50. The highest BCUT2D eigenvalue weighted by atomic mass is 32.1. The van der Waals surface area contributed by atoms with Crippen molar-refractivity contribution in [3.63, 3.8) is 0 Å². The molecule has 0 aliphatic carbocycles. The smallest absolute Gasteiger partial charge is 0.352 e. The molecule has 0 aliphatic heterocycles. The first-order valence-corrected chi connectivity index (χ1v) is 7.06. The van der Waals surface area contributed by atoms with E-state index in [0.717, 1.165) is 16.4 Å². The van der Waals surface area contributed by atoms with Gasteiger partial charge in [-0.3, -0.25) is 0 Å². The number of esters is 1. The lowest BCUT2D eigenvalue weighted by atomic mass is 10.2. The van der Waals surface area contributed by atoms with E-state index in [1.807, 2.05) is 38.3 Å². The van der Waals surface area contributed by atoms with Gasteiger partial charge in [-0.15, -0.1) is 11.3 Å². The van der Waals surface area contributed by atoms with Gasteiger partial charge in [-0.2, -0.15) is 4.37 Å². The number of nitrogens with two attached hydrogens (primary N) is 1. The zero-order valence-electron chi connectivity index (χ0n) is 10.4. The van der Waals surface area contributed by atoms with E-state index < -0.39 is 11.6 Å². The first-order chi connectivity index (χ1) is 8.38. The Bertz CT molecular complexity index is 553. The number of rotatable bonds is 2. The molecule has 2 aromatic heterocycles. The van der Waals surface area contributed by atoms with Gasteiger partial charge in [0.1, 0.15) is 11.3 Å². The molecule has 96 valence electrons. The van der Waals surface area contributed by atoms with Crippen LogP contribution in [0.3, 0.4) is 0 Å². The molecule has 0 saturated carbocycles. The molecule has 0 aliphatic rings. The second kappa shape index (κ2) is 4.70. The zero-order valence-corrected chi connectivity index (χ0v) is 12.0. The number of nitrogens with zero attached hydrogens (tertiary/aromatic N) is 1. The Kier molecular flexibility index (Phi) is 3.41. The van der Waals surface area contributed by atoms with Gasteiger partial charge >= 0.3 is 5.97 Å². The van der Waals surface area contributed by atoms with E-state index in [-0.39, 0.29) is 0 Å². The average Bonchev–Trinajstić information content (AvgIpc) is 2.82. The molecule has 4 nitrogen and oxygen atoms in total. The molecule has 0 unspecified atom stereocenters. The Hall–Kier alpha value is -1.40. The molecule has 0 atom stereocenters. The first kappa shape index (κ1) is 13.0. The van der Waals surface area contributed by atoms with Gasteiger partial charge < -0.3 is 10.5 Å². The topological polar surface area (TPSA) is 65.2 Å². The number of ether oxygens (including phenoxy) is 1. The minimum absolute atomic E-state index is 0.369. The van der Waals surface area contributed by atoms with Crippen LogP contribution in [0.15, 0.2) is 17.5 Å². The van der Waals surface area contributed by atoms with Gasteiger partial charge in [0.2, 0.25) is 0 Å². The van der Waals surface area contributed by atoms with Gasteiger partial charge in [-0.1, -0.05) is 6.07 Å². The molecule has 2 heterocycles. The van der Waals surface area contributed by atoms with Gasteiger partial charge in [-0.05, 0) is 43.8 Å². The van der Waals surface area contributed by atoms with E-state index in [4.69, 9.17) is 10.5 Å². The van der Waals surface area contributed by atoms with Crippen LogP contribution in [0.4, 0.5) is 5.69 Å². The fraction of sp³-hybridized carbons (Fsp3) is 0.333. The van der Waals surface area contributed by atoms with E-state index in [9.17, 15) is 4.79 Å². The summed E-state index contributed by atoms with van der Waals surface area (Å²) in [4.78, 5) is 13.3. The number of anilines is 1. The lowest BCUT2D eigenvalue weighted by Crippen LogP contribution is -2.23. The molecule has 6 heteroatoms. The van der Waals surface area contributed by atoms with Crippen LogP contribution in [0.1, 0.15) is 30.4 Å². The molecule has 0 bridgehead atoms. The Morgan fingerprint density at radius 2 is 2.17 bits per heavy atom. The molecule has 0 amide bonds. The summed E-state index contributed by atoms with van der Waals surface area (Å²) < 4.78 is 9.53. The Morgan fingerprint density at radius 3 is 2.72 bits per heavy atom. The summed E-state index contributed by atoms with van der Waals surface area (Å²) in [6.45, 7) is 5.47. The molecule has 0 saturated heterocycles. The van der Waals surface area contributed by atoms with Crippen molar-refractivity contribution < 1.29 is 9.53 Å². The van der Waals surface area contributed by atoms with Gasteiger partial charge in [-0.25, -0.2) is 4.79 Å². The Labute approximate surface area is 114 Å². The van der Waals surface area contributed by atoms with Gasteiger partial charge in [0.15, 0.2) is 4.88 Å². The number of nitrogen functional groups attached to an aromatic ring is 1. The molecule has 0 radical (unpaired) electrons. The normalized spacial score (nSPS) is 11.5. The van der Waals surface area contributed by atoms with Crippen LogP contribution in [-0.2, 0) is 4.74 Å². The van der Waals surface area contributed by atoms with Crippen LogP contribution in [0.25, 0.3) is 10.6 Å². The molecule has 2 N–H and O–H groups in total. The molecule has 0 aromatic carbocycles. The third-order valence-corrected chi connectivity index (χ3v) is 3.79. The molecule has 0 spiro atoms. The third kappa shape index (κ3) is 2.70. The van der Waals surface area contributed by atoms with Gasteiger partial charge in [0.25, 0.3) is 0 Å². The van der Waals surface area contributed by atoms with Crippen molar-refractivity contribution in [2.24, 2.45) is 0 Å². The van der Waals surface area contributed by atoms with Crippen LogP contribution in [0.2, 0.25) is 0 Å². The summed E-state index contributed by atoms with van der Waals surface area (Å²) in [6, 6.07) is 3.85. The maximum Gasteiger partial charge on any atom is 0.352 e. The number of aromatic nitrogens is 1. The van der Waals surface area contributed by atoms with Crippen molar-refractivity contribution >= 4 is 34.5 Å². The summed E-state index contributed by atoms with van der Waals surface area (Å²) in [5.74, 6) is -0.416. The fourth-order valence-electron chi connectivity index (χ4n) is 1.36. The molecule has 2 aromatic rings. The molecular weight excluding hydrogens is 268 g/mol. The Morgan fingerprint density at radius 1 is 1.44 bits per heavy atom. The van der Waals surface area contributed by atoms with Crippen LogP contribution in [0, 0.1) is 0 Å². The Balaban J connectivity index is 2.29. The van der Waals surface area contributed by atoms with E-state index in [1.165, 1.54) is 0 Å². The quantitative estimate of drug-likeness (QED) is 0.857. The van der Waals surface area contributed by atoms with E-state index in [1.54, 1.807) is 11.3 Å². The highest BCUT2D eigenvalue weighted by Gasteiger charge is 2.24. The highest BCUT2D eigenvalue weighted by Crippen LogP contribution is 2.34. The van der Waals surface area contributed by atoms with Crippen LogP contribution in [-0.4, -0.2) is 15.9 Å².